The van der Waals surface area contributed by atoms with Gasteiger partial charge in [0.05, 0.1) is 18.8 Å². The van der Waals surface area contributed by atoms with Gasteiger partial charge in [-0.1, -0.05) is 0 Å². The van der Waals surface area contributed by atoms with Gasteiger partial charge in [-0.25, -0.2) is 19.3 Å². The van der Waals surface area contributed by atoms with Crippen LogP contribution in [0.4, 0.5) is 10.2 Å². The minimum Gasteiger partial charge on any atom is -0.494 e. The standard InChI is InChI=1S/C19H19FN6O2/c1-28-17-8-13-15(9-14(17)20)23-11-24-18(13)25-12-2-6-26(7-3-12)19(27)16-10-21-4-5-22-16/h4-5,8-12H,2-3,6-7H2,1H3,(H,23,24,25). The molecule has 1 aliphatic rings. The summed E-state index contributed by atoms with van der Waals surface area (Å²) in [6, 6.07) is 3.07. The molecule has 28 heavy (non-hydrogen) atoms. The molecule has 1 fully saturated rings. The number of anilines is 1. The van der Waals surface area contributed by atoms with Crippen LogP contribution < -0.4 is 10.1 Å². The summed E-state index contributed by atoms with van der Waals surface area (Å²) < 4.78 is 19.0. The smallest absolute Gasteiger partial charge is 0.274 e. The Bertz CT molecular complexity index is 992. The number of rotatable bonds is 4. The van der Waals surface area contributed by atoms with Gasteiger partial charge in [-0.2, -0.15) is 0 Å². The van der Waals surface area contributed by atoms with Crippen molar-refractivity contribution in [2.75, 3.05) is 25.5 Å². The minimum absolute atomic E-state index is 0.112. The third-order valence-electron chi connectivity index (χ3n) is 4.81. The van der Waals surface area contributed by atoms with Crippen molar-refractivity contribution < 1.29 is 13.9 Å². The summed E-state index contributed by atoms with van der Waals surface area (Å²) in [6.07, 6.45) is 7.46. The number of amides is 1. The average Bonchev–Trinajstić information content (AvgIpc) is 2.74. The minimum atomic E-state index is -0.463. The lowest BCUT2D eigenvalue weighted by Crippen LogP contribution is -2.42. The molecule has 3 heterocycles. The topological polar surface area (TPSA) is 93.1 Å². The molecule has 3 aromatic rings. The van der Waals surface area contributed by atoms with Crippen LogP contribution in [0, 0.1) is 5.82 Å². The van der Waals surface area contributed by atoms with Crippen molar-refractivity contribution in [3.63, 3.8) is 0 Å². The van der Waals surface area contributed by atoms with Gasteiger partial charge in [0, 0.05) is 43.0 Å². The molecule has 1 saturated heterocycles. The zero-order valence-electron chi connectivity index (χ0n) is 15.3. The van der Waals surface area contributed by atoms with Gasteiger partial charge in [-0.3, -0.25) is 9.78 Å². The Morgan fingerprint density at radius 1 is 1.21 bits per heavy atom. The van der Waals surface area contributed by atoms with Gasteiger partial charge >= 0.3 is 0 Å². The predicted octanol–water partition coefficient (Wildman–Crippen LogP) is 2.28. The number of aromatic nitrogens is 4. The molecule has 0 saturated carbocycles. The van der Waals surface area contributed by atoms with Crippen LogP contribution in [0.5, 0.6) is 5.75 Å². The Morgan fingerprint density at radius 2 is 2.04 bits per heavy atom. The first kappa shape index (κ1) is 18.0. The summed E-state index contributed by atoms with van der Waals surface area (Å²) in [6.45, 7) is 1.21. The van der Waals surface area contributed by atoms with Crippen molar-refractivity contribution in [3.8, 4) is 5.75 Å². The molecule has 1 aliphatic heterocycles. The van der Waals surface area contributed by atoms with Crippen LogP contribution >= 0.6 is 0 Å². The highest BCUT2D eigenvalue weighted by Crippen LogP contribution is 2.28. The van der Waals surface area contributed by atoms with Crippen molar-refractivity contribution in [3.05, 3.63) is 48.6 Å². The zero-order valence-corrected chi connectivity index (χ0v) is 15.3. The van der Waals surface area contributed by atoms with Crippen LogP contribution in [0.3, 0.4) is 0 Å². The molecule has 2 aromatic heterocycles. The van der Waals surface area contributed by atoms with Crippen molar-refractivity contribution >= 4 is 22.6 Å². The molecule has 0 atom stereocenters. The van der Waals surface area contributed by atoms with Crippen molar-refractivity contribution in [1.82, 2.24) is 24.8 Å². The van der Waals surface area contributed by atoms with Gasteiger partial charge in [0.15, 0.2) is 11.6 Å². The highest BCUT2D eigenvalue weighted by Gasteiger charge is 2.25. The number of hydrogen-bond donors (Lipinski definition) is 1. The molecule has 0 unspecified atom stereocenters. The highest BCUT2D eigenvalue weighted by atomic mass is 19.1. The molecular formula is C19H19FN6O2. The second kappa shape index (κ2) is 7.71. The Balaban J connectivity index is 1.46. The quantitative estimate of drug-likeness (QED) is 0.740. The lowest BCUT2D eigenvalue weighted by molar-refractivity contribution is 0.0712. The van der Waals surface area contributed by atoms with E-state index in [0.29, 0.717) is 35.5 Å². The van der Waals surface area contributed by atoms with Gasteiger partial charge in [0.2, 0.25) is 0 Å². The van der Waals surface area contributed by atoms with Crippen molar-refractivity contribution in [1.29, 1.82) is 0 Å². The molecule has 4 rings (SSSR count). The maximum Gasteiger partial charge on any atom is 0.274 e. The number of piperidine rings is 1. The van der Waals surface area contributed by atoms with E-state index in [2.05, 4.69) is 25.3 Å². The monoisotopic (exact) mass is 382 g/mol. The van der Waals surface area contributed by atoms with Gasteiger partial charge < -0.3 is 15.0 Å². The van der Waals surface area contributed by atoms with Crippen LogP contribution in [-0.4, -0.2) is 57.0 Å². The van der Waals surface area contributed by atoms with E-state index in [1.807, 2.05) is 0 Å². The first-order valence-electron chi connectivity index (χ1n) is 8.96. The number of nitrogens with zero attached hydrogens (tertiary/aromatic N) is 5. The van der Waals surface area contributed by atoms with Crippen LogP contribution in [0.15, 0.2) is 37.1 Å². The van der Waals surface area contributed by atoms with Gasteiger partial charge in [-0.15, -0.1) is 0 Å². The molecular weight excluding hydrogens is 363 g/mol. The number of likely N-dealkylation sites (tertiary alicyclic amines) is 1. The maximum absolute atomic E-state index is 13.9. The first-order chi connectivity index (χ1) is 13.7. The van der Waals surface area contributed by atoms with Gasteiger partial charge in [-0.05, 0) is 18.9 Å². The third kappa shape index (κ3) is 3.55. The van der Waals surface area contributed by atoms with Crippen LogP contribution in [0.25, 0.3) is 10.9 Å². The van der Waals surface area contributed by atoms with Crippen molar-refractivity contribution in [2.45, 2.75) is 18.9 Å². The number of hydrogen-bond acceptors (Lipinski definition) is 7. The fourth-order valence-electron chi connectivity index (χ4n) is 3.32. The van der Waals surface area contributed by atoms with Crippen molar-refractivity contribution in [2.24, 2.45) is 0 Å². The second-order valence-electron chi connectivity index (χ2n) is 6.53. The van der Waals surface area contributed by atoms with Crippen LogP contribution in [0.1, 0.15) is 23.3 Å². The van der Waals surface area contributed by atoms with E-state index in [1.54, 1.807) is 17.2 Å². The summed E-state index contributed by atoms with van der Waals surface area (Å²) >= 11 is 0. The molecule has 0 aliphatic carbocycles. The predicted molar refractivity (Wildman–Crippen MR) is 101 cm³/mol. The largest absolute Gasteiger partial charge is 0.494 e. The van der Waals surface area contributed by atoms with E-state index in [4.69, 9.17) is 4.74 Å². The molecule has 0 spiro atoms. The Labute approximate surface area is 160 Å². The lowest BCUT2D eigenvalue weighted by atomic mass is 10.0. The number of benzene rings is 1. The molecule has 0 radical (unpaired) electrons. The Kier molecular flexibility index (Phi) is 4.96. The number of ether oxygens (including phenoxy) is 1. The average molecular weight is 382 g/mol. The highest BCUT2D eigenvalue weighted by molar-refractivity contribution is 5.92. The molecule has 0 bridgehead atoms. The third-order valence-corrected chi connectivity index (χ3v) is 4.81. The second-order valence-corrected chi connectivity index (χ2v) is 6.53. The zero-order chi connectivity index (χ0) is 19.5. The molecule has 9 heteroatoms. The normalized spacial score (nSPS) is 14.9. The molecule has 1 aromatic carbocycles. The Hall–Kier alpha value is -3.36. The summed E-state index contributed by atoms with van der Waals surface area (Å²) in [5.74, 6) is 0.200. The Morgan fingerprint density at radius 3 is 2.75 bits per heavy atom. The number of methoxy groups -OCH3 is 1. The van der Waals surface area contributed by atoms with E-state index < -0.39 is 5.82 Å². The summed E-state index contributed by atoms with van der Waals surface area (Å²) in [5, 5.41) is 4.09. The van der Waals surface area contributed by atoms with Crippen LogP contribution in [0.2, 0.25) is 0 Å². The van der Waals surface area contributed by atoms with E-state index in [9.17, 15) is 9.18 Å². The van der Waals surface area contributed by atoms with Gasteiger partial charge in [0.25, 0.3) is 5.91 Å². The van der Waals surface area contributed by atoms with E-state index in [-0.39, 0.29) is 17.7 Å². The fourth-order valence-corrected chi connectivity index (χ4v) is 3.32. The van der Waals surface area contributed by atoms with Gasteiger partial charge in [0.1, 0.15) is 17.8 Å². The fraction of sp³-hybridized carbons (Fsp3) is 0.316. The van der Waals surface area contributed by atoms with E-state index >= 15 is 0 Å². The number of halogens is 1. The number of nitrogens with one attached hydrogen (secondary N) is 1. The molecule has 8 nitrogen and oxygen atoms in total. The molecule has 1 N–H and O–H groups in total. The SMILES string of the molecule is COc1cc2c(NC3CCN(C(=O)c4cnccn4)CC3)ncnc2cc1F. The lowest BCUT2D eigenvalue weighted by Gasteiger charge is -2.32. The van der Waals surface area contributed by atoms with E-state index in [1.165, 1.54) is 31.9 Å². The summed E-state index contributed by atoms with van der Waals surface area (Å²) in [5.41, 5.74) is 0.857. The van der Waals surface area contributed by atoms with Crippen LogP contribution in [-0.2, 0) is 0 Å². The number of carbonyl (C=O) groups is 1. The summed E-state index contributed by atoms with van der Waals surface area (Å²) in [7, 11) is 1.42. The first-order valence-corrected chi connectivity index (χ1v) is 8.96. The van der Waals surface area contributed by atoms with E-state index in [0.717, 1.165) is 12.8 Å². The maximum atomic E-state index is 13.9. The molecule has 144 valence electrons. The summed E-state index contributed by atoms with van der Waals surface area (Å²) in [4.78, 5) is 30.7. The number of fused-ring (bicyclic) bond motifs is 1. The molecule has 1 amide bonds. The number of carbonyl (C=O) groups excluding carboxylic acids is 1.